The number of halogens is 1. The van der Waals surface area contributed by atoms with Gasteiger partial charge < -0.3 is 0 Å². The third-order valence-electron chi connectivity index (χ3n) is 3.24. The fraction of sp³-hybridized carbons (Fsp3) is 0.500. The summed E-state index contributed by atoms with van der Waals surface area (Å²) in [5, 5.41) is 0. The Morgan fingerprint density at radius 1 is 1.20 bits per heavy atom. The van der Waals surface area contributed by atoms with Gasteiger partial charge in [0.25, 0.3) is 0 Å². The van der Waals surface area contributed by atoms with Gasteiger partial charge in [0.05, 0.1) is 9.79 Å². The van der Waals surface area contributed by atoms with Crippen molar-refractivity contribution in [3.63, 3.8) is 0 Å². The lowest BCUT2D eigenvalue weighted by molar-refractivity contribution is 0.412. The molecule has 8 heteroatoms. The molecule has 0 N–H and O–H groups in total. The highest BCUT2D eigenvalue weighted by Gasteiger charge is 2.31. The summed E-state index contributed by atoms with van der Waals surface area (Å²) in [4.78, 5) is -0.834. The molecule has 0 atom stereocenters. The summed E-state index contributed by atoms with van der Waals surface area (Å²) in [5.41, 5.74) is 0. The normalized spacial score (nSPS) is 16.6. The zero-order valence-electron chi connectivity index (χ0n) is 11.0. The minimum atomic E-state index is -4.91. The van der Waals surface area contributed by atoms with Gasteiger partial charge in [-0.3, -0.25) is 0 Å². The monoisotopic (exact) mass is 321 g/mol. The first kappa shape index (κ1) is 15.4. The van der Waals surface area contributed by atoms with Crippen LogP contribution in [-0.2, 0) is 20.2 Å². The van der Waals surface area contributed by atoms with Crippen LogP contribution < -0.4 is 0 Å². The van der Waals surface area contributed by atoms with E-state index in [1.807, 2.05) is 0 Å². The molecule has 5 nitrogen and oxygen atoms in total. The smallest absolute Gasteiger partial charge is 0.207 e. The van der Waals surface area contributed by atoms with Crippen LogP contribution in [0.25, 0.3) is 0 Å². The molecule has 0 aromatic heterocycles. The fourth-order valence-electron chi connectivity index (χ4n) is 1.92. The van der Waals surface area contributed by atoms with E-state index in [-0.39, 0.29) is 4.90 Å². The fourth-order valence-corrected chi connectivity index (χ4v) is 4.08. The van der Waals surface area contributed by atoms with E-state index < -0.39 is 25.1 Å². The van der Waals surface area contributed by atoms with Crippen molar-refractivity contribution >= 4 is 20.2 Å². The largest absolute Gasteiger partial charge is 0.332 e. The van der Waals surface area contributed by atoms with Crippen molar-refractivity contribution in [1.82, 2.24) is 4.31 Å². The van der Waals surface area contributed by atoms with Crippen LogP contribution in [0.5, 0.6) is 0 Å². The predicted molar refractivity (Wildman–Crippen MR) is 71.9 cm³/mol. The van der Waals surface area contributed by atoms with Gasteiger partial charge >= 0.3 is 10.2 Å². The summed E-state index contributed by atoms with van der Waals surface area (Å²) in [5.74, 6) is 0.373. The Bertz CT molecular complexity index is 696. The van der Waals surface area contributed by atoms with Crippen LogP contribution in [0.15, 0.2) is 34.1 Å². The standard InChI is InChI=1S/C12H16FNO4S2/c1-2-14(9-10-6-7-10)20(17,18)12-5-3-4-11(8-12)19(13,15)16/h3-5,8,10H,2,6-7,9H2,1H3. The molecule has 1 saturated carbocycles. The van der Waals surface area contributed by atoms with Crippen LogP contribution in [0.3, 0.4) is 0 Å². The first-order valence-electron chi connectivity index (χ1n) is 6.30. The maximum absolute atomic E-state index is 13.0. The minimum absolute atomic E-state index is 0.196. The Morgan fingerprint density at radius 3 is 2.30 bits per heavy atom. The number of hydrogen-bond donors (Lipinski definition) is 0. The summed E-state index contributed by atoms with van der Waals surface area (Å²) in [6.07, 6.45) is 2.01. The second-order valence-electron chi connectivity index (χ2n) is 4.81. The second kappa shape index (κ2) is 5.42. The molecule has 0 saturated heterocycles. The summed E-state index contributed by atoms with van der Waals surface area (Å²) in [7, 11) is -8.70. The van der Waals surface area contributed by atoms with Crippen LogP contribution in [0, 0.1) is 5.92 Å². The minimum Gasteiger partial charge on any atom is -0.207 e. The lowest BCUT2D eigenvalue weighted by Crippen LogP contribution is -2.32. The van der Waals surface area contributed by atoms with Crippen LogP contribution in [-0.4, -0.2) is 34.2 Å². The maximum Gasteiger partial charge on any atom is 0.332 e. The molecule has 1 aliphatic rings. The van der Waals surface area contributed by atoms with Gasteiger partial charge in [0.1, 0.15) is 0 Å². The van der Waals surface area contributed by atoms with Gasteiger partial charge in [0.15, 0.2) is 0 Å². The van der Waals surface area contributed by atoms with Crippen molar-refractivity contribution in [3.05, 3.63) is 24.3 Å². The molecule has 0 aliphatic heterocycles. The molecule has 20 heavy (non-hydrogen) atoms. The Morgan fingerprint density at radius 2 is 1.80 bits per heavy atom. The van der Waals surface area contributed by atoms with Crippen molar-refractivity contribution in [2.75, 3.05) is 13.1 Å². The van der Waals surface area contributed by atoms with Gasteiger partial charge in [-0.15, -0.1) is 3.89 Å². The van der Waals surface area contributed by atoms with Crippen LogP contribution >= 0.6 is 0 Å². The van der Waals surface area contributed by atoms with Crippen molar-refractivity contribution in [1.29, 1.82) is 0 Å². The molecule has 0 spiro atoms. The Balaban J connectivity index is 2.37. The predicted octanol–water partition coefficient (Wildman–Crippen LogP) is 1.77. The van der Waals surface area contributed by atoms with E-state index in [0.29, 0.717) is 19.0 Å². The van der Waals surface area contributed by atoms with E-state index >= 15 is 0 Å². The zero-order valence-corrected chi connectivity index (χ0v) is 12.6. The molecule has 2 rings (SSSR count). The summed E-state index contributed by atoms with van der Waals surface area (Å²) < 4.78 is 60.8. The molecule has 1 aliphatic carbocycles. The van der Waals surface area contributed by atoms with Crippen LogP contribution in [0.2, 0.25) is 0 Å². The lowest BCUT2D eigenvalue weighted by atomic mass is 10.4. The average molecular weight is 321 g/mol. The van der Waals surface area contributed by atoms with Crippen LogP contribution in [0.4, 0.5) is 3.89 Å². The number of benzene rings is 1. The Hall–Kier alpha value is -0.990. The third-order valence-corrected chi connectivity index (χ3v) is 5.99. The first-order valence-corrected chi connectivity index (χ1v) is 9.12. The van der Waals surface area contributed by atoms with E-state index in [9.17, 15) is 20.7 Å². The van der Waals surface area contributed by atoms with Gasteiger partial charge in [-0.25, -0.2) is 8.42 Å². The Kier molecular flexibility index (Phi) is 4.17. The molecule has 112 valence electrons. The molecule has 1 aromatic rings. The molecule has 0 amide bonds. The van der Waals surface area contributed by atoms with Gasteiger partial charge in [0.2, 0.25) is 10.0 Å². The zero-order chi connectivity index (χ0) is 15.0. The molecule has 1 aromatic carbocycles. The molecule has 0 radical (unpaired) electrons. The number of sulfonamides is 1. The number of rotatable bonds is 6. The SMILES string of the molecule is CCN(CC1CC1)S(=O)(=O)c1cccc(S(=O)(=O)F)c1. The average Bonchev–Trinajstić information content (AvgIpc) is 3.19. The van der Waals surface area contributed by atoms with Crippen LogP contribution in [0.1, 0.15) is 19.8 Å². The van der Waals surface area contributed by atoms with Gasteiger partial charge in [-0.05, 0) is 37.0 Å². The summed E-state index contributed by atoms with van der Waals surface area (Å²) in [6.45, 7) is 2.44. The second-order valence-corrected chi connectivity index (χ2v) is 8.10. The summed E-state index contributed by atoms with van der Waals surface area (Å²) in [6, 6.07) is 4.40. The number of nitrogens with zero attached hydrogens (tertiary/aromatic N) is 1. The van der Waals surface area contributed by atoms with Gasteiger partial charge in [0, 0.05) is 13.1 Å². The van der Waals surface area contributed by atoms with E-state index in [0.717, 1.165) is 25.0 Å². The van der Waals surface area contributed by atoms with Crippen molar-refractivity contribution in [2.45, 2.75) is 29.6 Å². The van der Waals surface area contributed by atoms with Gasteiger partial charge in [-0.2, -0.15) is 12.7 Å². The maximum atomic E-state index is 13.0. The highest BCUT2D eigenvalue weighted by Crippen LogP contribution is 2.31. The molecule has 0 heterocycles. The van der Waals surface area contributed by atoms with E-state index in [2.05, 4.69) is 0 Å². The third kappa shape index (κ3) is 3.36. The topological polar surface area (TPSA) is 71.5 Å². The van der Waals surface area contributed by atoms with E-state index in [1.54, 1.807) is 6.92 Å². The van der Waals surface area contributed by atoms with Crippen molar-refractivity contribution in [3.8, 4) is 0 Å². The molecule has 0 unspecified atom stereocenters. The Labute approximate surface area is 118 Å². The highest BCUT2D eigenvalue weighted by atomic mass is 32.3. The first-order chi connectivity index (χ1) is 9.25. The highest BCUT2D eigenvalue weighted by molar-refractivity contribution is 7.89. The molecular formula is C12H16FNO4S2. The number of hydrogen-bond acceptors (Lipinski definition) is 4. The van der Waals surface area contributed by atoms with Gasteiger partial charge in [-0.1, -0.05) is 13.0 Å². The van der Waals surface area contributed by atoms with Crippen molar-refractivity contribution < 1.29 is 20.7 Å². The molecule has 1 fully saturated rings. The molecular weight excluding hydrogens is 305 g/mol. The molecule has 0 bridgehead atoms. The summed E-state index contributed by atoms with van der Waals surface area (Å²) >= 11 is 0. The lowest BCUT2D eigenvalue weighted by Gasteiger charge is -2.20. The van der Waals surface area contributed by atoms with E-state index in [4.69, 9.17) is 0 Å². The van der Waals surface area contributed by atoms with Crippen molar-refractivity contribution in [2.24, 2.45) is 5.92 Å². The van der Waals surface area contributed by atoms with E-state index in [1.165, 1.54) is 16.4 Å². The quantitative estimate of drug-likeness (QED) is 0.749.